The van der Waals surface area contributed by atoms with Gasteiger partial charge in [-0.25, -0.2) is 0 Å². The first-order valence-corrected chi connectivity index (χ1v) is 6.26. The Morgan fingerprint density at radius 1 is 1.41 bits per heavy atom. The molecule has 1 aromatic rings. The molecule has 0 heterocycles. The summed E-state index contributed by atoms with van der Waals surface area (Å²) in [7, 11) is 0. The van der Waals surface area contributed by atoms with Crippen LogP contribution in [0.2, 0.25) is 5.02 Å². The first-order chi connectivity index (χ1) is 8.22. The zero-order valence-electron chi connectivity index (χ0n) is 9.53. The van der Waals surface area contributed by atoms with E-state index in [0.29, 0.717) is 10.6 Å². The maximum atomic E-state index is 12.0. The zero-order chi connectivity index (χ0) is 12.3. The number of nitrogens with one attached hydrogen (secondary N) is 1. The van der Waals surface area contributed by atoms with Crippen LogP contribution in [0.15, 0.2) is 24.3 Å². The van der Waals surface area contributed by atoms with E-state index < -0.39 is 0 Å². The van der Waals surface area contributed by atoms with Crippen molar-refractivity contribution in [2.24, 2.45) is 5.92 Å². The van der Waals surface area contributed by atoms with Gasteiger partial charge in [-0.1, -0.05) is 30.2 Å². The summed E-state index contributed by atoms with van der Waals surface area (Å²) in [5, 5.41) is 12.6. The Morgan fingerprint density at radius 2 is 2.18 bits per heavy atom. The number of halogens is 1. The molecule has 1 aliphatic carbocycles. The van der Waals surface area contributed by atoms with Gasteiger partial charge in [0.2, 0.25) is 0 Å². The molecule has 1 saturated carbocycles. The molecule has 0 aliphatic heterocycles. The molecule has 0 spiro atoms. The first kappa shape index (κ1) is 12.4. The highest BCUT2D eigenvalue weighted by molar-refractivity contribution is 6.33. The number of hydrogen-bond acceptors (Lipinski definition) is 2. The Balaban J connectivity index is 2.04. The maximum Gasteiger partial charge on any atom is 0.253 e. The minimum absolute atomic E-state index is 0.0729. The third kappa shape index (κ3) is 2.79. The monoisotopic (exact) mass is 253 g/mol. The Hall–Kier alpha value is -1.06. The quantitative estimate of drug-likeness (QED) is 0.868. The van der Waals surface area contributed by atoms with Crippen LogP contribution in [-0.2, 0) is 0 Å². The van der Waals surface area contributed by atoms with Crippen LogP contribution in [0.1, 0.15) is 29.6 Å². The van der Waals surface area contributed by atoms with Gasteiger partial charge in [-0.05, 0) is 25.0 Å². The fourth-order valence-electron chi connectivity index (χ4n) is 2.34. The van der Waals surface area contributed by atoms with Gasteiger partial charge in [0, 0.05) is 18.6 Å². The second-order valence-corrected chi connectivity index (χ2v) is 4.84. The van der Waals surface area contributed by atoms with Gasteiger partial charge in [0.25, 0.3) is 5.91 Å². The summed E-state index contributed by atoms with van der Waals surface area (Å²) in [6, 6.07) is 7.07. The highest BCUT2D eigenvalue weighted by Crippen LogP contribution is 2.25. The van der Waals surface area contributed by atoms with E-state index in [1.165, 1.54) is 0 Å². The smallest absolute Gasteiger partial charge is 0.253 e. The summed E-state index contributed by atoms with van der Waals surface area (Å²) < 4.78 is 0. The summed E-state index contributed by atoms with van der Waals surface area (Å²) >= 11 is 5.96. The molecule has 4 heteroatoms. The van der Waals surface area contributed by atoms with Gasteiger partial charge in [-0.3, -0.25) is 4.79 Å². The summed E-state index contributed by atoms with van der Waals surface area (Å²) in [6.45, 7) is 0.132. The standard InChI is InChI=1S/C13H16ClNO2/c14-11-6-2-1-5-10(11)13(17)15-12-7-3-4-9(12)8-16/h1-2,5-6,9,12,16H,3-4,7-8H2,(H,15,17). The number of benzene rings is 1. The van der Waals surface area contributed by atoms with Crippen LogP contribution in [0.3, 0.4) is 0 Å². The predicted molar refractivity (Wildman–Crippen MR) is 67.1 cm³/mol. The molecular formula is C13H16ClNO2. The normalized spacial score (nSPS) is 23.6. The lowest BCUT2D eigenvalue weighted by atomic mass is 10.0. The molecule has 0 bridgehead atoms. The fraction of sp³-hybridized carbons (Fsp3) is 0.462. The summed E-state index contributed by atoms with van der Waals surface area (Å²) in [6.07, 6.45) is 2.96. The minimum Gasteiger partial charge on any atom is -0.396 e. The van der Waals surface area contributed by atoms with Crippen molar-refractivity contribution in [3.8, 4) is 0 Å². The first-order valence-electron chi connectivity index (χ1n) is 5.88. The largest absolute Gasteiger partial charge is 0.396 e. The SMILES string of the molecule is O=C(NC1CCCC1CO)c1ccccc1Cl. The van der Waals surface area contributed by atoms with Crippen LogP contribution in [0, 0.1) is 5.92 Å². The van der Waals surface area contributed by atoms with Gasteiger partial charge >= 0.3 is 0 Å². The third-order valence-corrected chi connectivity index (χ3v) is 3.66. The average molecular weight is 254 g/mol. The number of carbonyl (C=O) groups excluding carboxylic acids is 1. The van der Waals surface area contributed by atoms with Crippen molar-refractivity contribution in [1.29, 1.82) is 0 Å². The van der Waals surface area contributed by atoms with E-state index in [9.17, 15) is 9.90 Å². The molecule has 0 radical (unpaired) electrons. The van der Waals surface area contributed by atoms with Crippen LogP contribution >= 0.6 is 11.6 Å². The molecular weight excluding hydrogens is 238 g/mol. The van der Waals surface area contributed by atoms with Crippen LogP contribution in [0.4, 0.5) is 0 Å². The minimum atomic E-state index is -0.152. The maximum absolute atomic E-state index is 12.0. The molecule has 1 fully saturated rings. The van der Waals surface area contributed by atoms with Gasteiger partial charge in [-0.15, -0.1) is 0 Å². The van der Waals surface area contributed by atoms with Crippen molar-refractivity contribution < 1.29 is 9.90 Å². The van der Waals surface area contributed by atoms with Gasteiger partial charge < -0.3 is 10.4 Å². The molecule has 2 unspecified atom stereocenters. The van der Waals surface area contributed by atoms with E-state index in [-0.39, 0.29) is 24.5 Å². The lowest BCUT2D eigenvalue weighted by Crippen LogP contribution is -2.38. The van der Waals surface area contributed by atoms with Crippen molar-refractivity contribution in [3.05, 3.63) is 34.9 Å². The number of rotatable bonds is 3. The van der Waals surface area contributed by atoms with Crippen LogP contribution in [0.5, 0.6) is 0 Å². The topological polar surface area (TPSA) is 49.3 Å². The van der Waals surface area contributed by atoms with Crippen molar-refractivity contribution in [2.45, 2.75) is 25.3 Å². The molecule has 3 nitrogen and oxygen atoms in total. The highest BCUT2D eigenvalue weighted by Gasteiger charge is 2.28. The molecule has 92 valence electrons. The predicted octanol–water partition coefficient (Wildman–Crippen LogP) is 2.23. The van der Waals surface area contributed by atoms with Crippen molar-refractivity contribution in [1.82, 2.24) is 5.32 Å². The molecule has 1 amide bonds. The van der Waals surface area contributed by atoms with E-state index in [2.05, 4.69) is 5.32 Å². The molecule has 2 rings (SSSR count). The Bertz CT molecular complexity index is 408. The molecule has 0 aromatic heterocycles. The second-order valence-electron chi connectivity index (χ2n) is 4.43. The van der Waals surface area contributed by atoms with Crippen molar-refractivity contribution in [2.75, 3.05) is 6.61 Å². The molecule has 17 heavy (non-hydrogen) atoms. The van der Waals surface area contributed by atoms with E-state index in [0.717, 1.165) is 19.3 Å². The number of carbonyl (C=O) groups is 1. The average Bonchev–Trinajstić information content (AvgIpc) is 2.76. The van der Waals surface area contributed by atoms with E-state index >= 15 is 0 Å². The summed E-state index contributed by atoms with van der Waals surface area (Å²) in [5.41, 5.74) is 0.498. The number of hydrogen-bond donors (Lipinski definition) is 2. The van der Waals surface area contributed by atoms with E-state index in [4.69, 9.17) is 11.6 Å². The van der Waals surface area contributed by atoms with E-state index in [1.54, 1.807) is 24.3 Å². The Kier molecular flexibility index (Phi) is 4.02. The molecule has 0 saturated heterocycles. The molecule has 2 atom stereocenters. The van der Waals surface area contributed by atoms with Crippen LogP contribution in [0.25, 0.3) is 0 Å². The lowest BCUT2D eigenvalue weighted by molar-refractivity contribution is 0.0916. The van der Waals surface area contributed by atoms with Crippen molar-refractivity contribution >= 4 is 17.5 Å². The number of aliphatic hydroxyl groups excluding tert-OH is 1. The van der Waals surface area contributed by atoms with Gasteiger partial charge in [-0.2, -0.15) is 0 Å². The summed E-state index contributed by atoms with van der Waals surface area (Å²) in [5.74, 6) is 0.0300. The van der Waals surface area contributed by atoms with Gasteiger partial charge in [0.1, 0.15) is 0 Å². The number of aliphatic hydroxyl groups is 1. The second kappa shape index (κ2) is 5.52. The van der Waals surface area contributed by atoms with Crippen LogP contribution in [-0.4, -0.2) is 23.7 Å². The van der Waals surface area contributed by atoms with E-state index in [1.807, 2.05) is 0 Å². The molecule has 1 aliphatic rings. The van der Waals surface area contributed by atoms with Crippen molar-refractivity contribution in [3.63, 3.8) is 0 Å². The van der Waals surface area contributed by atoms with Crippen LogP contribution < -0.4 is 5.32 Å². The third-order valence-electron chi connectivity index (χ3n) is 3.33. The fourth-order valence-corrected chi connectivity index (χ4v) is 2.56. The summed E-state index contributed by atoms with van der Waals surface area (Å²) in [4.78, 5) is 12.0. The van der Waals surface area contributed by atoms with Gasteiger partial charge in [0.05, 0.1) is 10.6 Å². The number of amides is 1. The zero-order valence-corrected chi connectivity index (χ0v) is 10.3. The Morgan fingerprint density at radius 3 is 2.88 bits per heavy atom. The highest BCUT2D eigenvalue weighted by atomic mass is 35.5. The lowest BCUT2D eigenvalue weighted by Gasteiger charge is -2.19. The van der Waals surface area contributed by atoms with Gasteiger partial charge in [0.15, 0.2) is 0 Å². The Labute approximate surface area is 106 Å². The molecule has 2 N–H and O–H groups in total. The molecule has 1 aromatic carbocycles.